The van der Waals surface area contributed by atoms with Crippen molar-refractivity contribution in [2.75, 3.05) is 0 Å². The summed E-state index contributed by atoms with van der Waals surface area (Å²) in [6.07, 6.45) is 0. The monoisotopic (exact) mass is 181 g/mol. The summed E-state index contributed by atoms with van der Waals surface area (Å²) >= 11 is 0. The molecule has 0 aromatic rings. The second-order valence-corrected chi connectivity index (χ2v) is 1.54. The molecule has 0 heterocycles. The van der Waals surface area contributed by atoms with Crippen LogP contribution in [0, 0.1) is 0 Å². The Labute approximate surface area is 116 Å². The van der Waals surface area contributed by atoms with Gasteiger partial charge in [0.2, 0.25) is 0 Å². The molecule has 0 aromatic carbocycles. The molecule has 0 amide bonds. The number of phosphoric acid groups is 1. The number of hydrogen-bond donors (Lipinski definition) is 3. The average molecular weight is 181 g/mol. The number of hydrogen-bond acceptors (Lipinski definition) is 1. The molecule has 5 nitrogen and oxygen atoms in total. The minimum absolute atomic E-state index is 0. The SMILES string of the molecule is O.O=P(O)(O)O.[H+].[H-].[H-].[K+].[Na+]. The Morgan fingerprint density at radius 2 is 1.38 bits per heavy atom. The van der Waals surface area contributed by atoms with Crippen molar-refractivity contribution in [1.82, 2.24) is 0 Å². The van der Waals surface area contributed by atoms with Crippen LogP contribution in [0.1, 0.15) is 4.28 Å². The van der Waals surface area contributed by atoms with Crippen molar-refractivity contribution < 1.29 is 110 Å². The van der Waals surface area contributed by atoms with Gasteiger partial charge in [-0.05, 0) is 0 Å². The van der Waals surface area contributed by atoms with E-state index in [4.69, 9.17) is 19.2 Å². The Hall–Kier alpha value is 2.71. The van der Waals surface area contributed by atoms with E-state index in [1.807, 2.05) is 0 Å². The predicted octanol–water partition coefficient (Wildman–Crippen LogP) is -7.41. The first kappa shape index (κ1) is 22.4. The minimum Gasteiger partial charge on any atom is -1.00 e. The molecule has 0 bridgehead atoms. The van der Waals surface area contributed by atoms with Crippen LogP contribution in [0.25, 0.3) is 0 Å². The van der Waals surface area contributed by atoms with Gasteiger partial charge in [-0.2, -0.15) is 0 Å². The molecule has 0 atom stereocenters. The summed E-state index contributed by atoms with van der Waals surface area (Å²) in [4.78, 5) is 21.6. The van der Waals surface area contributed by atoms with Crippen molar-refractivity contribution in [3.05, 3.63) is 0 Å². The van der Waals surface area contributed by atoms with Crippen LogP contribution in [0.2, 0.25) is 0 Å². The second-order valence-electron chi connectivity index (χ2n) is 0.513. The van der Waals surface area contributed by atoms with Crippen LogP contribution in [-0.4, -0.2) is 20.2 Å². The Balaban J connectivity index is -0.00000000533. The first-order valence-electron chi connectivity index (χ1n) is 0.783. The molecule has 5 N–H and O–H groups in total. The Bertz CT molecular complexity index is 67.9. The summed E-state index contributed by atoms with van der Waals surface area (Å²) in [5, 5.41) is 0. The molecule has 0 rings (SSSR count). The first-order chi connectivity index (χ1) is 2.00. The van der Waals surface area contributed by atoms with E-state index in [-0.39, 0.29) is 90.7 Å². The molecule has 8 heavy (non-hydrogen) atoms. The first-order valence-corrected chi connectivity index (χ1v) is 2.35. The van der Waals surface area contributed by atoms with Crippen molar-refractivity contribution in [2.24, 2.45) is 0 Å². The van der Waals surface area contributed by atoms with E-state index in [1.54, 1.807) is 0 Å². The van der Waals surface area contributed by atoms with Gasteiger partial charge in [0.1, 0.15) is 0 Å². The quantitative estimate of drug-likeness (QED) is 0.255. The van der Waals surface area contributed by atoms with Crippen LogP contribution in [-0.2, 0) is 4.57 Å². The second kappa shape index (κ2) is 9.71. The predicted molar refractivity (Wildman–Crippen MR) is 21.2 cm³/mol. The summed E-state index contributed by atoms with van der Waals surface area (Å²) in [6, 6.07) is 0. The summed E-state index contributed by atoms with van der Waals surface area (Å²) in [6.45, 7) is 0. The van der Waals surface area contributed by atoms with Crippen LogP contribution >= 0.6 is 7.82 Å². The third-order valence-corrected chi connectivity index (χ3v) is 0. The molecule has 44 valence electrons. The van der Waals surface area contributed by atoms with Crippen LogP contribution < -0.4 is 80.9 Å². The van der Waals surface area contributed by atoms with Crippen LogP contribution in [0.15, 0.2) is 0 Å². The summed E-state index contributed by atoms with van der Waals surface area (Å²) in [5.41, 5.74) is 0. The third-order valence-electron chi connectivity index (χ3n) is 0. The molecule has 0 saturated carbocycles. The maximum atomic E-state index is 8.88. The van der Waals surface area contributed by atoms with Gasteiger partial charge in [-0.1, -0.05) is 0 Å². The zero-order chi connectivity index (χ0) is 4.50. The minimum atomic E-state index is -4.64. The summed E-state index contributed by atoms with van der Waals surface area (Å²) < 4.78 is 8.88. The van der Waals surface area contributed by atoms with Crippen molar-refractivity contribution in [3.63, 3.8) is 0 Å². The molecule has 0 spiro atoms. The average Bonchev–Trinajstić information content (AvgIpc) is 0.722. The summed E-state index contributed by atoms with van der Waals surface area (Å²) in [5.74, 6) is 0. The van der Waals surface area contributed by atoms with E-state index >= 15 is 0 Å². The van der Waals surface area contributed by atoms with Gasteiger partial charge >= 0.3 is 90.2 Å². The maximum absolute atomic E-state index is 8.88. The molecule has 0 fully saturated rings. The topological polar surface area (TPSA) is 109 Å². The zero-order valence-corrected chi connectivity index (χ0v) is 10.7. The van der Waals surface area contributed by atoms with E-state index in [9.17, 15) is 0 Å². The van der Waals surface area contributed by atoms with Gasteiger partial charge in [0.25, 0.3) is 0 Å². The van der Waals surface area contributed by atoms with E-state index in [0.29, 0.717) is 0 Å². The largest absolute Gasteiger partial charge is 1.00 e. The van der Waals surface area contributed by atoms with Gasteiger partial charge < -0.3 is 23.0 Å². The van der Waals surface area contributed by atoms with Crippen molar-refractivity contribution in [1.29, 1.82) is 0 Å². The molecule has 0 aliphatic rings. The molecule has 0 aliphatic carbocycles. The zero-order valence-electron chi connectivity index (χ0n) is 7.70. The Kier molecular flexibility index (Phi) is 27.2. The van der Waals surface area contributed by atoms with E-state index in [1.165, 1.54) is 0 Å². The van der Waals surface area contributed by atoms with Crippen LogP contribution in [0.4, 0.5) is 0 Å². The van der Waals surface area contributed by atoms with Gasteiger partial charge in [-0.25, -0.2) is 4.57 Å². The van der Waals surface area contributed by atoms with Crippen LogP contribution in [0.3, 0.4) is 0 Å². The summed E-state index contributed by atoms with van der Waals surface area (Å²) in [7, 11) is -4.64. The Morgan fingerprint density at radius 3 is 1.38 bits per heavy atom. The fourth-order valence-electron chi connectivity index (χ4n) is 0. The normalized spacial score (nSPS) is 7.38. The molecule has 0 saturated heterocycles. The molecular formula is H8KNaO5P+. The van der Waals surface area contributed by atoms with Gasteiger partial charge in [0, 0.05) is 0 Å². The molecule has 8 heteroatoms. The maximum Gasteiger partial charge on any atom is 1.00 e. The van der Waals surface area contributed by atoms with Gasteiger partial charge in [0.05, 0.1) is 0 Å². The fraction of sp³-hybridized carbons (Fsp3) is 0. The molecule has 0 aromatic heterocycles. The molecular weight excluding hydrogens is 173 g/mol. The fourth-order valence-corrected chi connectivity index (χ4v) is 0. The molecule has 0 unspecified atom stereocenters. The van der Waals surface area contributed by atoms with Crippen LogP contribution in [0.5, 0.6) is 0 Å². The van der Waals surface area contributed by atoms with Crippen molar-refractivity contribution in [2.45, 2.75) is 0 Å². The van der Waals surface area contributed by atoms with Crippen molar-refractivity contribution in [3.8, 4) is 0 Å². The van der Waals surface area contributed by atoms with Crippen molar-refractivity contribution >= 4 is 7.82 Å². The third kappa shape index (κ3) is 70.6. The van der Waals surface area contributed by atoms with E-state index in [0.717, 1.165) is 0 Å². The Morgan fingerprint density at radius 1 is 1.38 bits per heavy atom. The van der Waals surface area contributed by atoms with Gasteiger partial charge in [-0.15, -0.1) is 0 Å². The smallest absolute Gasteiger partial charge is 1.00 e. The van der Waals surface area contributed by atoms with E-state index in [2.05, 4.69) is 0 Å². The molecule has 0 aliphatic heterocycles. The molecule has 0 radical (unpaired) electrons. The van der Waals surface area contributed by atoms with Gasteiger partial charge in [-0.3, -0.25) is 0 Å². The standard InChI is InChI=1S/K.Na.H3O4P.H2O.2H/c;;1-5(2,3)4;;;/h;;(H3,1,2,3,4);1H2;;/q2*+1;;;2*-1/p+1. The van der Waals surface area contributed by atoms with Gasteiger partial charge in [0.15, 0.2) is 0 Å². The number of rotatable bonds is 0. The van der Waals surface area contributed by atoms with E-state index < -0.39 is 7.82 Å².